The molecule has 1 aromatic heterocycles. The Labute approximate surface area is 150 Å². The van der Waals surface area contributed by atoms with Gasteiger partial charge in [0.15, 0.2) is 5.43 Å². The highest BCUT2D eigenvalue weighted by atomic mass is 16.6. The molecule has 0 amide bonds. The molecule has 26 heavy (non-hydrogen) atoms. The molecule has 1 aromatic carbocycles. The molecule has 7 heteroatoms. The smallest absolute Gasteiger partial charge is 0.291 e. The lowest BCUT2D eigenvalue weighted by Crippen LogP contribution is -2.15. The van der Waals surface area contributed by atoms with E-state index in [1.165, 1.54) is 19.2 Å². The highest BCUT2D eigenvalue weighted by molar-refractivity contribution is 5.55. The number of nitro benzene ring substituents is 1. The van der Waals surface area contributed by atoms with Gasteiger partial charge in [0.25, 0.3) is 11.6 Å². The van der Waals surface area contributed by atoms with Gasteiger partial charge in [0.05, 0.1) is 24.2 Å². The molecule has 3 rings (SSSR count). The zero-order chi connectivity index (χ0) is 18.8. The molecule has 136 valence electrons. The second-order valence-electron chi connectivity index (χ2n) is 6.19. The third kappa shape index (κ3) is 3.39. The number of non-ortho nitro benzene ring substituents is 1. The van der Waals surface area contributed by atoms with E-state index in [0.29, 0.717) is 29.9 Å². The van der Waals surface area contributed by atoms with Gasteiger partial charge in [0, 0.05) is 24.1 Å². The predicted molar refractivity (Wildman–Crippen MR) is 95.4 cm³/mol. The zero-order valence-corrected chi connectivity index (χ0v) is 14.8. The van der Waals surface area contributed by atoms with Gasteiger partial charge in [-0.2, -0.15) is 0 Å². The summed E-state index contributed by atoms with van der Waals surface area (Å²) in [6, 6.07) is 6.32. The molecule has 0 bridgehead atoms. The molecule has 0 aliphatic carbocycles. The number of nitro groups is 1. The Morgan fingerprint density at radius 1 is 1.23 bits per heavy atom. The fraction of sp³-hybridized carbons (Fsp3) is 0.316. The Morgan fingerprint density at radius 3 is 2.54 bits per heavy atom. The summed E-state index contributed by atoms with van der Waals surface area (Å²) in [6.45, 7) is 3.78. The van der Waals surface area contributed by atoms with Crippen LogP contribution in [0, 0.1) is 24.0 Å². The molecule has 2 heterocycles. The van der Waals surface area contributed by atoms with Crippen molar-refractivity contribution in [3.8, 4) is 5.95 Å². The summed E-state index contributed by atoms with van der Waals surface area (Å²) >= 11 is 0. The molecule has 1 unspecified atom stereocenters. The first-order valence-corrected chi connectivity index (χ1v) is 8.14. The second kappa shape index (κ2) is 7.13. The topological polar surface area (TPSA) is 91.8 Å². The van der Waals surface area contributed by atoms with Crippen LogP contribution in [-0.4, -0.2) is 18.6 Å². The van der Waals surface area contributed by atoms with Crippen molar-refractivity contribution >= 4 is 11.8 Å². The minimum atomic E-state index is -0.429. The van der Waals surface area contributed by atoms with Crippen LogP contribution in [0.15, 0.2) is 39.1 Å². The molecule has 1 saturated heterocycles. The van der Waals surface area contributed by atoms with E-state index >= 15 is 0 Å². The maximum Gasteiger partial charge on any atom is 0.291 e. The van der Waals surface area contributed by atoms with Gasteiger partial charge >= 0.3 is 0 Å². The molecule has 0 N–H and O–H groups in total. The highest BCUT2D eigenvalue weighted by Crippen LogP contribution is 2.36. The Balaban J connectivity index is 1.83. The number of methoxy groups -OCH3 is 1. The van der Waals surface area contributed by atoms with Crippen molar-refractivity contribution in [3.05, 3.63) is 72.6 Å². The summed E-state index contributed by atoms with van der Waals surface area (Å²) in [5.41, 5.74) is 2.77. The van der Waals surface area contributed by atoms with Crippen molar-refractivity contribution in [2.45, 2.75) is 26.4 Å². The van der Waals surface area contributed by atoms with Gasteiger partial charge in [0.2, 0.25) is 0 Å². The summed E-state index contributed by atoms with van der Waals surface area (Å²) in [7, 11) is 1.46. The third-order valence-corrected chi connectivity index (χ3v) is 4.43. The first kappa shape index (κ1) is 17.9. The van der Waals surface area contributed by atoms with Crippen LogP contribution < -0.4 is 10.2 Å². The molecule has 1 atom stereocenters. The van der Waals surface area contributed by atoms with Crippen molar-refractivity contribution < 1.29 is 18.8 Å². The lowest BCUT2D eigenvalue weighted by Gasteiger charge is -2.13. The molecule has 0 radical (unpaired) electrons. The summed E-state index contributed by atoms with van der Waals surface area (Å²) in [5.74, 6) is 0.677. The SMILES string of the molecule is COc1oc(C2C/C(=C/c3ccc([N+](=O)[O-])cc3)CO2)c(C)c(=O)c1C. The maximum absolute atomic E-state index is 12.3. The summed E-state index contributed by atoms with van der Waals surface area (Å²) < 4.78 is 16.7. The minimum Gasteiger partial charge on any atom is -0.468 e. The van der Waals surface area contributed by atoms with Crippen LogP contribution in [-0.2, 0) is 4.74 Å². The Hall–Kier alpha value is -2.93. The van der Waals surface area contributed by atoms with E-state index in [0.717, 1.165) is 11.1 Å². The Bertz CT molecular complexity index is 926. The lowest BCUT2D eigenvalue weighted by atomic mass is 10.0. The van der Waals surface area contributed by atoms with E-state index in [2.05, 4.69) is 0 Å². The second-order valence-corrected chi connectivity index (χ2v) is 6.19. The van der Waals surface area contributed by atoms with Crippen LogP contribution in [0.5, 0.6) is 5.95 Å². The van der Waals surface area contributed by atoms with Gasteiger partial charge in [-0.15, -0.1) is 0 Å². The van der Waals surface area contributed by atoms with Crippen LogP contribution in [0.2, 0.25) is 0 Å². The third-order valence-electron chi connectivity index (χ3n) is 4.43. The molecular weight excluding hydrogens is 338 g/mol. The number of hydrogen-bond acceptors (Lipinski definition) is 6. The van der Waals surface area contributed by atoms with Crippen LogP contribution in [0.25, 0.3) is 6.08 Å². The Kier molecular flexibility index (Phi) is 4.90. The first-order chi connectivity index (χ1) is 12.4. The lowest BCUT2D eigenvalue weighted by molar-refractivity contribution is -0.384. The largest absolute Gasteiger partial charge is 0.468 e. The average molecular weight is 357 g/mol. The van der Waals surface area contributed by atoms with E-state index < -0.39 is 4.92 Å². The zero-order valence-electron chi connectivity index (χ0n) is 14.8. The number of nitrogens with zero attached hydrogens (tertiary/aromatic N) is 1. The number of rotatable bonds is 4. The summed E-state index contributed by atoms with van der Waals surface area (Å²) in [6.07, 6.45) is 2.15. The van der Waals surface area contributed by atoms with Gasteiger partial charge in [0.1, 0.15) is 11.9 Å². The van der Waals surface area contributed by atoms with Crippen LogP contribution in [0.4, 0.5) is 5.69 Å². The average Bonchev–Trinajstić information content (AvgIpc) is 3.08. The van der Waals surface area contributed by atoms with Crippen molar-refractivity contribution in [1.29, 1.82) is 0 Å². The van der Waals surface area contributed by atoms with E-state index in [1.54, 1.807) is 26.0 Å². The van der Waals surface area contributed by atoms with Crippen molar-refractivity contribution in [2.75, 3.05) is 13.7 Å². The van der Waals surface area contributed by atoms with Gasteiger partial charge in [-0.05, 0) is 37.1 Å². The van der Waals surface area contributed by atoms with Crippen molar-refractivity contribution in [3.63, 3.8) is 0 Å². The number of hydrogen-bond donors (Lipinski definition) is 0. The fourth-order valence-electron chi connectivity index (χ4n) is 3.00. The molecule has 0 spiro atoms. The van der Waals surface area contributed by atoms with Gasteiger partial charge in [-0.3, -0.25) is 14.9 Å². The van der Waals surface area contributed by atoms with E-state index in [9.17, 15) is 14.9 Å². The molecule has 2 aromatic rings. The molecule has 1 aliphatic heterocycles. The van der Waals surface area contributed by atoms with Gasteiger partial charge in [-0.1, -0.05) is 6.08 Å². The predicted octanol–water partition coefficient (Wildman–Crippen LogP) is 3.72. The molecule has 1 aliphatic rings. The van der Waals surface area contributed by atoms with E-state index in [-0.39, 0.29) is 23.2 Å². The van der Waals surface area contributed by atoms with Gasteiger partial charge in [-0.25, -0.2) is 0 Å². The summed E-state index contributed by atoms with van der Waals surface area (Å²) in [4.78, 5) is 22.6. The molecule has 7 nitrogen and oxygen atoms in total. The van der Waals surface area contributed by atoms with Gasteiger partial charge < -0.3 is 13.9 Å². The maximum atomic E-state index is 12.3. The summed E-state index contributed by atoms with van der Waals surface area (Å²) in [5, 5.41) is 10.7. The number of benzene rings is 1. The Morgan fingerprint density at radius 2 is 1.92 bits per heavy atom. The monoisotopic (exact) mass is 357 g/mol. The van der Waals surface area contributed by atoms with E-state index in [1.807, 2.05) is 6.08 Å². The normalized spacial score (nSPS) is 18.3. The highest BCUT2D eigenvalue weighted by Gasteiger charge is 2.28. The molecule has 0 saturated carbocycles. The van der Waals surface area contributed by atoms with E-state index in [4.69, 9.17) is 13.9 Å². The first-order valence-electron chi connectivity index (χ1n) is 8.14. The van der Waals surface area contributed by atoms with Crippen LogP contribution in [0.3, 0.4) is 0 Å². The molecular formula is C19H19NO6. The van der Waals surface area contributed by atoms with Crippen molar-refractivity contribution in [2.24, 2.45) is 0 Å². The number of ether oxygens (including phenoxy) is 2. The fourth-order valence-corrected chi connectivity index (χ4v) is 3.00. The van der Waals surface area contributed by atoms with Crippen LogP contribution >= 0.6 is 0 Å². The van der Waals surface area contributed by atoms with Crippen molar-refractivity contribution in [1.82, 2.24) is 0 Å². The standard InChI is InChI=1S/C19H19NO6/c1-11-17(21)12(2)19(24-3)26-18(11)16-9-14(10-25-16)8-13-4-6-15(7-5-13)20(22)23/h4-8,16H,9-10H2,1-3H3/b14-8-. The van der Waals surface area contributed by atoms with Crippen LogP contribution in [0.1, 0.15) is 35.0 Å². The molecule has 1 fully saturated rings. The minimum absolute atomic E-state index is 0.0526. The quantitative estimate of drug-likeness (QED) is 0.612.